The Bertz CT molecular complexity index is 640. The molecule has 0 bridgehead atoms. The lowest BCUT2D eigenvalue weighted by Gasteiger charge is -2.38. The number of amides is 3. The van der Waals surface area contributed by atoms with Crippen LogP contribution in [0.25, 0.3) is 0 Å². The van der Waals surface area contributed by atoms with Crippen molar-refractivity contribution in [2.24, 2.45) is 0 Å². The molecular weight excluding hydrogens is 312 g/mol. The van der Waals surface area contributed by atoms with Gasteiger partial charge in [0.05, 0.1) is 6.10 Å². The van der Waals surface area contributed by atoms with Crippen LogP contribution in [0.3, 0.4) is 0 Å². The molecule has 0 atom stereocenters. The Morgan fingerprint density at radius 3 is 2.30 bits per heavy atom. The molecule has 2 aliphatic heterocycles. The van der Waals surface area contributed by atoms with E-state index in [-0.39, 0.29) is 31.7 Å². The number of hydrogen-bond acceptors (Lipinski definition) is 5. The first-order valence-electron chi connectivity index (χ1n) is 7.07. The summed E-state index contributed by atoms with van der Waals surface area (Å²) in [5.41, 5.74) is -0.278. The normalized spacial score (nSPS) is 19.4. The maximum absolute atomic E-state index is 14.3. The van der Waals surface area contributed by atoms with Crippen LogP contribution in [0.15, 0.2) is 12.1 Å². The fourth-order valence-corrected chi connectivity index (χ4v) is 2.70. The van der Waals surface area contributed by atoms with Gasteiger partial charge in [0.2, 0.25) is 5.91 Å². The number of aliphatic hydroxyl groups excluding tert-OH is 2. The predicted octanol–water partition coefficient (Wildman–Crippen LogP) is 0.254. The largest absolute Gasteiger partial charge is 0.389 e. The predicted molar refractivity (Wildman–Crippen MR) is 75.9 cm³/mol. The van der Waals surface area contributed by atoms with Crippen molar-refractivity contribution >= 4 is 23.3 Å². The molecule has 1 aromatic rings. The number of imide groups is 1. The van der Waals surface area contributed by atoms with Crippen LogP contribution in [0.4, 0.5) is 25.0 Å². The van der Waals surface area contributed by atoms with Crippen molar-refractivity contribution in [1.82, 2.24) is 4.90 Å². The van der Waals surface area contributed by atoms with Crippen LogP contribution in [0.1, 0.15) is 6.42 Å². The molecule has 0 saturated carbocycles. The minimum absolute atomic E-state index is 0.134. The fraction of sp³-hybridized carbons (Fsp3) is 0.429. The van der Waals surface area contributed by atoms with Crippen LogP contribution < -0.4 is 9.80 Å². The number of rotatable bonds is 3. The molecule has 0 aliphatic carbocycles. The maximum atomic E-state index is 14.3. The van der Waals surface area contributed by atoms with Crippen LogP contribution in [0.2, 0.25) is 0 Å². The molecule has 2 N–H and O–H groups in total. The Labute approximate surface area is 130 Å². The van der Waals surface area contributed by atoms with Gasteiger partial charge in [0.25, 0.3) is 0 Å². The first kappa shape index (κ1) is 15.6. The van der Waals surface area contributed by atoms with Crippen molar-refractivity contribution in [1.29, 1.82) is 0 Å². The van der Waals surface area contributed by atoms with Gasteiger partial charge in [-0.25, -0.2) is 18.5 Å². The third kappa shape index (κ3) is 2.62. The summed E-state index contributed by atoms with van der Waals surface area (Å²) in [6, 6.07) is 1.20. The van der Waals surface area contributed by atoms with Gasteiger partial charge in [-0.15, -0.1) is 0 Å². The molecule has 2 heterocycles. The molecule has 3 amide bonds. The molecule has 7 nitrogen and oxygen atoms in total. The number of anilines is 2. The van der Waals surface area contributed by atoms with Crippen molar-refractivity contribution in [3.8, 4) is 0 Å². The Balaban J connectivity index is 1.91. The van der Waals surface area contributed by atoms with E-state index < -0.39 is 42.1 Å². The minimum atomic E-state index is -0.964. The molecule has 0 spiro atoms. The van der Waals surface area contributed by atoms with E-state index in [1.807, 2.05) is 0 Å². The Kier molecular flexibility index (Phi) is 3.90. The number of carbonyl (C=O) groups is 2. The topological polar surface area (TPSA) is 84.3 Å². The molecule has 3 rings (SSSR count). The molecule has 124 valence electrons. The summed E-state index contributed by atoms with van der Waals surface area (Å²) in [4.78, 5) is 26.5. The number of β-amino-alcohol motifs (C(OH)–C–C–N with tert-alkyl or cyclic N) is 1. The maximum Gasteiger partial charge on any atom is 0.333 e. The molecule has 1 aromatic carbocycles. The van der Waals surface area contributed by atoms with Crippen molar-refractivity contribution in [2.75, 3.05) is 36.2 Å². The number of benzene rings is 1. The molecule has 23 heavy (non-hydrogen) atoms. The molecule has 0 unspecified atom stereocenters. The van der Waals surface area contributed by atoms with E-state index in [9.17, 15) is 23.5 Å². The number of nitrogens with zero attached hydrogens (tertiary/aromatic N) is 3. The first-order chi connectivity index (χ1) is 10.9. The zero-order chi connectivity index (χ0) is 16.7. The average molecular weight is 327 g/mol. The summed E-state index contributed by atoms with van der Waals surface area (Å²) in [5, 5.41) is 18.3. The Hall–Kier alpha value is -2.26. The molecule has 2 fully saturated rings. The van der Waals surface area contributed by atoms with Crippen LogP contribution in [-0.4, -0.2) is 59.5 Å². The molecule has 0 radical (unpaired) electrons. The minimum Gasteiger partial charge on any atom is -0.389 e. The van der Waals surface area contributed by atoms with Crippen LogP contribution in [0, 0.1) is 11.6 Å². The van der Waals surface area contributed by atoms with E-state index in [1.165, 1.54) is 0 Å². The number of aliphatic hydroxyl groups is 2. The van der Waals surface area contributed by atoms with Crippen molar-refractivity contribution in [3.05, 3.63) is 23.8 Å². The molecule has 0 aromatic heterocycles. The van der Waals surface area contributed by atoms with Crippen molar-refractivity contribution in [2.45, 2.75) is 12.5 Å². The average Bonchev–Trinajstić information content (AvgIpc) is 2.46. The van der Waals surface area contributed by atoms with Gasteiger partial charge < -0.3 is 15.1 Å². The highest BCUT2D eigenvalue weighted by atomic mass is 19.1. The van der Waals surface area contributed by atoms with Crippen molar-refractivity contribution < 1.29 is 28.6 Å². The van der Waals surface area contributed by atoms with Gasteiger partial charge in [0.1, 0.15) is 12.4 Å². The van der Waals surface area contributed by atoms with Gasteiger partial charge in [0, 0.05) is 31.7 Å². The fourth-order valence-electron chi connectivity index (χ4n) is 2.70. The molecule has 9 heteroatoms. The van der Waals surface area contributed by atoms with Gasteiger partial charge >= 0.3 is 6.03 Å². The van der Waals surface area contributed by atoms with Gasteiger partial charge in [-0.2, -0.15) is 0 Å². The highest BCUT2D eigenvalue weighted by Crippen LogP contribution is 2.32. The second-order valence-corrected chi connectivity index (χ2v) is 5.46. The number of urea groups is 1. The van der Waals surface area contributed by atoms with Gasteiger partial charge in [-0.05, 0) is 12.1 Å². The zero-order valence-corrected chi connectivity index (χ0v) is 12.1. The van der Waals surface area contributed by atoms with E-state index in [4.69, 9.17) is 5.11 Å². The third-order valence-electron chi connectivity index (χ3n) is 3.95. The summed E-state index contributed by atoms with van der Waals surface area (Å²) >= 11 is 0. The lowest BCUT2D eigenvalue weighted by molar-refractivity contribution is -0.131. The monoisotopic (exact) mass is 327 g/mol. The van der Waals surface area contributed by atoms with E-state index in [0.29, 0.717) is 4.90 Å². The summed E-state index contributed by atoms with van der Waals surface area (Å²) in [6.45, 7) is -0.438. The summed E-state index contributed by atoms with van der Waals surface area (Å²) < 4.78 is 28.7. The van der Waals surface area contributed by atoms with E-state index in [0.717, 1.165) is 17.0 Å². The van der Waals surface area contributed by atoms with Gasteiger partial charge in [-0.1, -0.05) is 0 Å². The summed E-state index contributed by atoms with van der Waals surface area (Å²) in [7, 11) is 0. The van der Waals surface area contributed by atoms with E-state index in [1.54, 1.807) is 4.90 Å². The van der Waals surface area contributed by atoms with E-state index >= 15 is 0 Å². The summed E-state index contributed by atoms with van der Waals surface area (Å²) in [6.07, 6.45) is -0.654. The van der Waals surface area contributed by atoms with Crippen LogP contribution >= 0.6 is 0 Å². The van der Waals surface area contributed by atoms with Gasteiger partial charge in [0.15, 0.2) is 11.6 Å². The molecule has 2 saturated heterocycles. The highest BCUT2D eigenvalue weighted by Gasteiger charge is 2.36. The second kappa shape index (κ2) is 5.74. The lowest BCUT2D eigenvalue weighted by atomic mass is 10.1. The quantitative estimate of drug-likeness (QED) is 0.832. The first-order valence-corrected chi connectivity index (χ1v) is 7.07. The van der Waals surface area contributed by atoms with Crippen LogP contribution in [0.5, 0.6) is 0 Å². The van der Waals surface area contributed by atoms with Crippen molar-refractivity contribution in [3.63, 3.8) is 0 Å². The lowest BCUT2D eigenvalue weighted by Crippen LogP contribution is -2.53. The van der Waals surface area contributed by atoms with Crippen LogP contribution in [-0.2, 0) is 4.79 Å². The number of halogens is 2. The standard InChI is InChI=1S/C14H15F2N3O4/c15-10-3-8(17-5-9(21)6-17)4-11(16)13(10)18-2-1-12(22)19(7-20)14(18)23/h3-4,9,20-21H,1-2,5-7H2. The second-order valence-electron chi connectivity index (χ2n) is 5.46. The summed E-state index contributed by atoms with van der Waals surface area (Å²) in [5.74, 6) is -2.48. The zero-order valence-electron chi connectivity index (χ0n) is 12.1. The highest BCUT2D eigenvalue weighted by molar-refractivity contribution is 6.05. The number of hydrogen-bond donors (Lipinski definition) is 2. The van der Waals surface area contributed by atoms with E-state index in [2.05, 4.69) is 0 Å². The Morgan fingerprint density at radius 1 is 1.17 bits per heavy atom. The Morgan fingerprint density at radius 2 is 1.78 bits per heavy atom. The molecule has 2 aliphatic rings. The smallest absolute Gasteiger partial charge is 0.333 e. The molecular formula is C14H15F2N3O4. The third-order valence-corrected chi connectivity index (χ3v) is 3.95. The SMILES string of the molecule is O=C1CCN(c2c(F)cc(N3CC(O)C3)cc2F)C(=O)N1CO. The van der Waals surface area contributed by atoms with Gasteiger partial charge in [-0.3, -0.25) is 9.69 Å². The number of carbonyl (C=O) groups excluding carboxylic acids is 2.